The topological polar surface area (TPSA) is 80.2 Å². The van der Waals surface area contributed by atoms with Crippen molar-refractivity contribution in [2.75, 3.05) is 13.2 Å². The Morgan fingerprint density at radius 2 is 2.11 bits per heavy atom. The van der Waals surface area contributed by atoms with E-state index in [0.717, 1.165) is 25.9 Å². The number of hydrogen-bond donors (Lipinski definition) is 1. The molecule has 1 aromatic rings. The highest BCUT2D eigenvalue weighted by atomic mass is 16.5. The average Bonchev–Trinajstić information content (AvgIpc) is 3.37. The molecule has 1 saturated heterocycles. The number of benzene rings is 1. The molecule has 0 saturated carbocycles. The first-order valence-corrected chi connectivity index (χ1v) is 9.75. The molecule has 0 bridgehead atoms. The Morgan fingerprint density at radius 3 is 2.93 bits per heavy atom. The minimum absolute atomic E-state index is 0.0901. The molecular weight excluding hydrogens is 356 g/mol. The minimum atomic E-state index is -0.269. The highest BCUT2D eigenvalue weighted by Gasteiger charge is 2.28. The van der Waals surface area contributed by atoms with Gasteiger partial charge in [0.05, 0.1) is 17.2 Å². The molecule has 4 heterocycles. The van der Waals surface area contributed by atoms with Gasteiger partial charge in [-0.1, -0.05) is 24.3 Å². The Labute approximate surface area is 162 Å². The molecular formula is C21H22N4O3. The fourth-order valence-electron chi connectivity index (χ4n) is 4.21. The van der Waals surface area contributed by atoms with E-state index >= 15 is 0 Å². The standard InChI is InChI=1S/C21H22N4O3/c26-20-17-12-24(11-16-6-3-9-28-16)13-18(19(17)22-23-20)21(27)25-8-7-14-4-1-2-5-15(14)10-25/h1-2,4-5,12-13,16H,3,6-11H2,(H,23,26)/t16-/m1/s1. The summed E-state index contributed by atoms with van der Waals surface area (Å²) in [5, 5.41) is 6.61. The van der Waals surface area contributed by atoms with Crippen molar-refractivity contribution in [3.05, 3.63) is 63.7 Å². The second kappa shape index (κ2) is 6.91. The van der Waals surface area contributed by atoms with Crippen LogP contribution in [0.1, 0.15) is 34.3 Å². The summed E-state index contributed by atoms with van der Waals surface area (Å²) >= 11 is 0. The zero-order valence-corrected chi connectivity index (χ0v) is 15.6. The third-order valence-corrected chi connectivity index (χ3v) is 5.70. The van der Waals surface area contributed by atoms with Crippen LogP contribution in [0.25, 0.3) is 11.3 Å². The maximum absolute atomic E-state index is 13.3. The number of hydrogen-bond acceptors (Lipinski definition) is 4. The van der Waals surface area contributed by atoms with E-state index in [-0.39, 0.29) is 17.6 Å². The van der Waals surface area contributed by atoms with Gasteiger partial charge in [0.2, 0.25) is 0 Å². The van der Waals surface area contributed by atoms with Gasteiger partial charge in [-0.2, -0.15) is 5.10 Å². The van der Waals surface area contributed by atoms with Gasteiger partial charge in [-0.05, 0) is 30.4 Å². The van der Waals surface area contributed by atoms with Crippen LogP contribution >= 0.6 is 0 Å². The summed E-state index contributed by atoms with van der Waals surface area (Å²) in [6, 6.07) is 8.22. The number of aromatic amines is 1. The molecule has 0 radical (unpaired) electrons. The number of carbonyl (C=O) groups is 1. The third-order valence-electron chi connectivity index (χ3n) is 5.70. The van der Waals surface area contributed by atoms with E-state index in [2.05, 4.69) is 22.3 Å². The van der Waals surface area contributed by atoms with Crippen molar-refractivity contribution < 1.29 is 9.53 Å². The predicted octanol–water partition coefficient (Wildman–Crippen LogP) is 2.05. The van der Waals surface area contributed by atoms with Crippen molar-refractivity contribution in [1.82, 2.24) is 19.7 Å². The summed E-state index contributed by atoms with van der Waals surface area (Å²) in [5.74, 6) is -0.0901. The first-order valence-electron chi connectivity index (χ1n) is 9.75. The molecule has 4 aliphatic rings. The van der Waals surface area contributed by atoms with Crippen molar-refractivity contribution in [3.8, 4) is 11.3 Å². The monoisotopic (exact) mass is 378 g/mol. The molecule has 144 valence electrons. The first kappa shape index (κ1) is 17.2. The van der Waals surface area contributed by atoms with Crippen molar-refractivity contribution in [2.24, 2.45) is 0 Å². The summed E-state index contributed by atoms with van der Waals surface area (Å²) in [7, 11) is 0. The number of fused-ring (bicyclic) bond motifs is 2. The van der Waals surface area contributed by atoms with Crippen LogP contribution < -0.4 is 5.56 Å². The Kier molecular flexibility index (Phi) is 4.24. The Hall–Kier alpha value is -2.93. The molecule has 1 atom stereocenters. The highest BCUT2D eigenvalue weighted by molar-refractivity contribution is 6.00. The summed E-state index contributed by atoms with van der Waals surface area (Å²) in [5.41, 5.74) is 3.55. The number of rotatable bonds is 3. The molecule has 28 heavy (non-hydrogen) atoms. The Balaban J connectivity index is 1.49. The largest absolute Gasteiger partial charge is 0.376 e. The second-order valence-electron chi connectivity index (χ2n) is 7.56. The van der Waals surface area contributed by atoms with E-state index < -0.39 is 0 Å². The first-order chi connectivity index (χ1) is 13.7. The van der Waals surface area contributed by atoms with Gasteiger partial charge in [0.15, 0.2) is 0 Å². The van der Waals surface area contributed by atoms with Crippen LogP contribution in [0.15, 0.2) is 41.5 Å². The van der Waals surface area contributed by atoms with E-state index in [0.29, 0.717) is 36.5 Å². The van der Waals surface area contributed by atoms with Gasteiger partial charge < -0.3 is 14.2 Å². The summed E-state index contributed by atoms with van der Waals surface area (Å²) in [4.78, 5) is 27.4. The number of ether oxygens (including phenoxy) is 1. The van der Waals surface area contributed by atoms with Crippen molar-refractivity contribution in [1.29, 1.82) is 0 Å². The van der Waals surface area contributed by atoms with Crippen LogP contribution in [-0.2, 0) is 24.2 Å². The van der Waals surface area contributed by atoms with Gasteiger partial charge in [-0.15, -0.1) is 0 Å². The molecule has 0 spiro atoms. The van der Waals surface area contributed by atoms with Crippen LogP contribution in [0.4, 0.5) is 0 Å². The third kappa shape index (κ3) is 3.01. The quantitative estimate of drug-likeness (QED) is 0.756. The van der Waals surface area contributed by atoms with Crippen LogP contribution in [0.5, 0.6) is 0 Å². The lowest BCUT2D eigenvalue weighted by Crippen LogP contribution is -2.36. The molecule has 1 aromatic carbocycles. The van der Waals surface area contributed by atoms with Gasteiger partial charge in [0.1, 0.15) is 5.69 Å². The molecule has 0 unspecified atom stereocenters. The zero-order chi connectivity index (χ0) is 19.1. The van der Waals surface area contributed by atoms with E-state index in [1.54, 1.807) is 6.20 Å². The highest BCUT2D eigenvalue weighted by Crippen LogP contribution is 2.26. The van der Waals surface area contributed by atoms with Crippen LogP contribution in [-0.4, -0.2) is 44.8 Å². The number of H-pyrrole nitrogens is 1. The van der Waals surface area contributed by atoms with Gasteiger partial charge in [-0.25, -0.2) is 5.10 Å². The number of nitrogens with one attached hydrogen (secondary N) is 1. The second-order valence-corrected chi connectivity index (χ2v) is 7.56. The van der Waals surface area contributed by atoms with Crippen LogP contribution in [0.3, 0.4) is 0 Å². The molecule has 7 heteroatoms. The fraction of sp³-hybridized carbons (Fsp3) is 0.381. The molecule has 4 aliphatic heterocycles. The van der Waals surface area contributed by atoms with E-state index in [9.17, 15) is 9.59 Å². The van der Waals surface area contributed by atoms with Crippen molar-refractivity contribution in [3.63, 3.8) is 0 Å². The van der Waals surface area contributed by atoms with Crippen LogP contribution in [0, 0.1) is 0 Å². The Bertz CT molecular complexity index is 1050. The number of aromatic nitrogens is 3. The lowest BCUT2D eigenvalue weighted by molar-refractivity contribution is 0.0732. The molecule has 1 N–H and O–H groups in total. The van der Waals surface area contributed by atoms with E-state index in [4.69, 9.17) is 4.74 Å². The van der Waals surface area contributed by atoms with Crippen molar-refractivity contribution in [2.45, 2.75) is 38.5 Å². The fourth-order valence-corrected chi connectivity index (χ4v) is 4.21. The maximum atomic E-state index is 13.3. The zero-order valence-electron chi connectivity index (χ0n) is 15.6. The Morgan fingerprint density at radius 1 is 1.25 bits per heavy atom. The van der Waals surface area contributed by atoms with Gasteiger partial charge in [0, 0.05) is 38.6 Å². The smallest absolute Gasteiger partial charge is 0.275 e. The maximum Gasteiger partial charge on any atom is 0.275 e. The summed E-state index contributed by atoms with van der Waals surface area (Å²) in [6.07, 6.45) is 6.58. The molecule has 0 aromatic heterocycles. The number of amides is 1. The van der Waals surface area contributed by atoms with Gasteiger partial charge >= 0.3 is 0 Å². The number of carbonyl (C=O) groups excluding carboxylic acids is 1. The molecule has 0 aliphatic carbocycles. The van der Waals surface area contributed by atoms with Gasteiger partial charge in [-0.3, -0.25) is 9.59 Å². The lowest BCUT2D eigenvalue weighted by Gasteiger charge is -2.29. The molecule has 1 fully saturated rings. The van der Waals surface area contributed by atoms with Crippen LogP contribution in [0.2, 0.25) is 0 Å². The SMILES string of the molecule is O=C(c1cn(C[C@H]2CCCO2)cc2c(=O)[nH]nc1-2)N1CCc2ccccc2C1. The predicted molar refractivity (Wildman–Crippen MR) is 103 cm³/mol. The molecule has 1 amide bonds. The normalized spacial score (nSPS) is 19.1. The number of nitrogens with zero attached hydrogens (tertiary/aromatic N) is 3. The molecule has 7 nitrogen and oxygen atoms in total. The number of pyridine rings is 1. The minimum Gasteiger partial charge on any atom is -0.376 e. The summed E-state index contributed by atoms with van der Waals surface area (Å²) < 4.78 is 7.62. The summed E-state index contributed by atoms with van der Waals surface area (Å²) in [6.45, 7) is 2.63. The van der Waals surface area contributed by atoms with E-state index in [1.807, 2.05) is 27.8 Å². The van der Waals surface area contributed by atoms with Crippen molar-refractivity contribution >= 4 is 5.91 Å². The lowest BCUT2D eigenvalue weighted by atomic mass is 9.99. The molecule has 5 rings (SSSR count). The van der Waals surface area contributed by atoms with Gasteiger partial charge in [0.25, 0.3) is 11.5 Å². The average molecular weight is 378 g/mol. The van der Waals surface area contributed by atoms with E-state index in [1.165, 1.54) is 11.1 Å².